The molecule has 40 heavy (non-hydrogen) atoms. The topological polar surface area (TPSA) is 84.9 Å². The molecule has 2 aromatic rings. The molecule has 222 valence electrons. The summed E-state index contributed by atoms with van der Waals surface area (Å²) in [7, 11) is 1.72. The minimum Gasteiger partial charge on any atom is -0.448 e. The number of alkyl halides is 1. The van der Waals surface area contributed by atoms with E-state index < -0.39 is 0 Å². The maximum atomic E-state index is 12.5. The van der Waals surface area contributed by atoms with Crippen LogP contribution in [0.5, 0.6) is 0 Å². The van der Waals surface area contributed by atoms with E-state index in [2.05, 4.69) is 46.9 Å². The summed E-state index contributed by atoms with van der Waals surface area (Å²) >= 11 is 2.28. The lowest BCUT2D eigenvalue weighted by atomic mass is 9.98. The molecule has 0 aromatic heterocycles. The normalized spacial score (nSPS) is 12.3. The Hall–Kier alpha value is -1.80. The van der Waals surface area contributed by atoms with Crippen molar-refractivity contribution in [1.29, 1.82) is 0 Å². The Morgan fingerprint density at radius 1 is 0.650 bits per heavy atom. The molecule has 0 bridgehead atoms. The van der Waals surface area contributed by atoms with Gasteiger partial charge in [0.1, 0.15) is 6.61 Å². The molecule has 0 fully saturated rings. The van der Waals surface area contributed by atoms with Gasteiger partial charge in [-0.05, 0) is 22.3 Å². The number of rotatable bonds is 22. The fourth-order valence-corrected chi connectivity index (χ4v) is 4.56. The molecular formula is C30H42INO8. The van der Waals surface area contributed by atoms with Gasteiger partial charge in [-0.3, -0.25) is 0 Å². The van der Waals surface area contributed by atoms with Crippen molar-refractivity contribution in [2.75, 3.05) is 104 Å². The zero-order valence-electron chi connectivity index (χ0n) is 23.4. The highest BCUT2D eigenvalue weighted by Gasteiger charge is 2.29. The van der Waals surface area contributed by atoms with E-state index in [1.165, 1.54) is 27.2 Å². The molecule has 0 atom stereocenters. The van der Waals surface area contributed by atoms with Gasteiger partial charge in [0.05, 0.1) is 79.3 Å². The Labute approximate surface area is 251 Å². The molecule has 0 N–H and O–H groups in total. The summed E-state index contributed by atoms with van der Waals surface area (Å²) in [5.74, 6) is 0.0508. The predicted octanol–water partition coefficient (Wildman–Crippen LogP) is 4.40. The Kier molecular flexibility index (Phi) is 16.5. The van der Waals surface area contributed by atoms with Crippen LogP contribution in [0.2, 0.25) is 0 Å². The first-order valence-electron chi connectivity index (χ1n) is 13.8. The number of hydrogen-bond donors (Lipinski definition) is 0. The van der Waals surface area contributed by atoms with Crippen LogP contribution in [0.3, 0.4) is 0 Å². The summed E-state index contributed by atoms with van der Waals surface area (Å²) in [5, 5.41) is 0. The van der Waals surface area contributed by atoms with E-state index >= 15 is 0 Å². The lowest BCUT2D eigenvalue weighted by molar-refractivity contribution is -0.0166. The van der Waals surface area contributed by atoms with Crippen LogP contribution in [0.4, 0.5) is 4.79 Å². The molecule has 0 aliphatic heterocycles. The van der Waals surface area contributed by atoms with Gasteiger partial charge in [-0.1, -0.05) is 71.1 Å². The minimum absolute atomic E-state index is 0.0508. The van der Waals surface area contributed by atoms with E-state index in [4.69, 9.17) is 33.2 Å². The SMILES string of the molecule is CN(CCOCCOCCOCCOCCOCCOCCI)C(=O)OCC1c2ccccc2-c2ccccc21. The first kappa shape index (κ1) is 32.7. The summed E-state index contributed by atoms with van der Waals surface area (Å²) in [6.07, 6.45) is -0.355. The number of amides is 1. The highest BCUT2D eigenvalue weighted by Crippen LogP contribution is 2.44. The van der Waals surface area contributed by atoms with Crippen molar-refractivity contribution in [1.82, 2.24) is 4.90 Å². The van der Waals surface area contributed by atoms with E-state index in [1.807, 2.05) is 24.3 Å². The lowest BCUT2D eigenvalue weighted by Gasteiger charge is -2.19. The summed E-state index contributed by atoms with van der Waals surface area (Å²) in [6, 6.07) is 16.6. The van der Waals surface area contributed by atoms with E-state index in [0.717, 1.165) is 11.0 Å². The molecule has 3 rings (SSSR count). The third-order valence-corrected chi connectivity index (χ3v) is 6.74. The van der Waals surface area contributed by atoms with Gasteiger partial charge in [0.15, 0.2) is 0 Å². The molecule has 1 amide bonds. The number of carbonyl (C=O) groups is 1. The number of carbonyl (C=O) groups excluding carboxylic acids is 1. The summed E-state index contributed by atoms with van der Waals surface area (Å²) in [5.41, 5.74) is 4.83. The average molecular weight is 672 g/mol. The van der Waals surface area contributed by atoms with Crippen LogP contribution in [0, 0.1) is 0 Å². The Morgan fingerprint density at radius 3 is 1.50 bits per heavy atom. The second-order valence-electron chi connectivity index (χ2n) is 9.09. The van der Waals surface area contributed by atoms with E-state index in [-0.39, 0.29) is 12.0 Å². The zero-order chi connectivity index (χ0) is 28.3. The standard InChI is InChI=1S/C30H42INO8/c1-32(30(33)40-24-29-27-8-4-2-6-25(27)26-7-3-5-9-28(26)29)11-13-35-15-17-37-19-21-39-23-22-38-20-18-36-16-14-34-12-10-31/h2-9,29H,10-24H2,1H3. The van der Waals surface area contributed by atoms with E-state index in [9.17, 15) is 4.79 Å². The number of ether oxygens (including phenoxy) is 7. The molecule has 0 spiro atoms. The van der Waals surface area contributed by atoms with Crippen LogP contribution in [-0.2, 0) is 33.2 Å². The van der Waals surface area contributed by atoms with Crippen molar-refractivity contribution in [3.05, 3.63) is 59.7 Å². The quantitative estimate of drug-likeness (QED) is 0.104. The summed E-state index contributed by atoms with van der Waals surface area (Å²) in [6.45, 7) is 7.17. The Morgan fingerprint density at radius 2 is 1.05 bits per heavy atom. The van der Waals surface area contributed by atoms with Crippen molar-refractivity contribution in [2.45, 2.75) is 5.92 Å². The molecule has 0 heterocycles. The maximum absolute atomic E-state index is 12.5. The highest BCUT2D eigenvalue weighted by atomic mass is 127. The number of benzene rings is 2. The predicted molar refractivity (Wildman–Crippen MR) is 161 cm³/mol. The van der Waals surface area contributed by atoms with E-state index in [1.54, 1.807) is 7.05 Å². The summed E-state index contributed by atoms with van der Waals surface area (Å²) < 4.78 is 39.4. The van der Waals surface area contributed by atoms with Gasteiger partial charge in [0, 0.05) is 23.9 Å². The molecular weight excluding hydrogens is 629 g/mol. The first-order chi connectivity index (χ1) is 19.7. The van der Waals surface area contributed by atoms with Crippen LogP contribution in [0.15, 0.2) is 48.5 Å². The Balaban J connectivity index is 1.12. The van der Waals surface area contributed by atoms with Crippen molar-refractivity contribution >= 4 is 28.7 Å². The molecule has 0 radical (unpaired) electrons. The van der Waals surface area contributed by atoms with Gasteiger partial charge >= 0.3 is 6.09 Å². The Bertz CT molecular complexity index is 933. The van der Waals surface area contributed by atoms with Gasteiger partial charge in [0.2, 0.25) is 0 Å². The molecule has 9 nitrogen and oxygen atoms in total. The largest absolute Gasteiger partial charge is 0.448 e. The molecule has 2 aromatic carbocycles. The van der Waals surface area contributed by atoms with Crippen LogP contribution >= 0.6 is 22.6 Å². The van der Waals surface area contributed by atoms with Crippen molar-refractivity contribution in [2.24, 2.45) is 0 Å². The second-order valence-corrected chi connectivity index (χ2v) is 10.2. The minimum atomic E-state index is -0.355. The van der Waals surface area contributed by atoms with E-state index in [0.29, 0.717) is 85.8 Å². The molecule has 1 aliphatic carbocycles. The molecule has 0 saturated heterocycles. The molecule has 1 aliphatic rings. The third-order valence-electron chi connectivity index (χ3n) is 6.30. The lowest BCUT2D eigenvalue weighted by Crippen LogP contribution is -2.32. The highest BCUT2D eigenvalue weighted by molar-refractivity contribution is 14.1. The smallest absolute Gasteiger partial charge is 0.409 e. The number of hydrogen-bond acceptors (Lipinski definition) is 8. The second kappa shape index (κ2) is 20.1. The van der Waals surface area contributed by atoms with Gasteiger partial charge in [-0.15, -0.1) is 0 Å². The van der Waals surface area contributed by atoms with Gasteiger partial charge in [-0.25, -0.2) is 4.79 Å². The van der Waals surface area contributed by atoms with Gasteiger partial charge in [0.25, 0.3) is 0 Å². The van der Waals surface area contributed by atoms with Crippen LogP contribution in [0.1, 0.15) is 17.0 Å². The fourth-order valence-electron chi connectivity index (χ4n) is 4.25. The monoisotopic (exact) mass is 671 g/mol. The number of likely N-dealkylation sites (N-methyl/N-ethyl adjacent to an activating group) is 1. The van der Waals surface area contributed by atoms with Crippen LogP contribution in [0.25, 0.3) is 11.1 Å². The van der Waals surface area contributed by atoms with Crippen molar-refractivity contribution in [3.63, 3.8) is 0 Å². The molecule has 10 heteroatoms. The fraction of sp³-hybridized carbons (Fsp3) is 0.567. The number of halogens is 1. The first-order valence-corrected chi connectivity index (χ1v) is 15.3. The van der Waals surface area contributed by atoms with Crippen LogP contribution in [-0.4, -0.2) is 115 Å². The average Bonchev–Trinajstić information content (AvgIpc) is 3.30. The summed E-state index contributed by atoms with van der Waals surface area (Å²) in [4.78, 5) is 14.1. The van der Waals surface area contributed by atoms with Gasteiger partial charge in [-0.2, -0.15) is 0 Å². The molecule has 0 saturated carbocycles. The van der Waals surface area contributed by atoms with Gasteiger partial charge < -0.3 is 38.1 Å². The number of fused-ring (bicyclic) bond motifs is 3. The number of nitrogens with zero attached hydrogens (tertiary/aromatic N) is 1. The van der Waals surface area contributed by atoms with Crippen molar-refractivity contribution in [3.8, 4) is 11.1 Å². The zero-order valence-corrected chi connectivity index (χ0v) is 25.6. The maximum Gasteiger partial charge on any atom is 0.409 e. The van der Waals surface area contributed by atoms with Crippen molar-refractivity contribution < 1.29 is 38.0 Å². The third kappa shape index (κ3) is 11.6. The molecule has 0 unspecified atom stereocenters. The van der Waals surface area contributed by atoms with Crippen LogP contribution < -0.4 is 0 Å².